The number of carbonyl (C=O) groups excluding carboxylic acids is 2. The Morgan fingerprint density at radius 1 is 1.19 bits per heavy atom. The van der Waals surface area contributed by atoms with Crippen LogP contribution in [0.25, 0.3) is 0 Å². The third-order valence-corrected chi connectivity index (χ3v) is 2.79. The molecule has 0 bridgehead atoms. The summed E-state index contributed by atoms with van der Waals surface area (Å²) in [5.41, 5.74) is 0. The van der Waals surface area contributed by atoms with Gasteiger partial charge in [-0.2, -0.15) is 0 Å². The van der Waals surface area contributed by atoms with Crippen molar-refractivity contribution in [2.75, 3.05) is 40.8 Å². The third kappa shape index (κ3) is 8.13. The Kier molecular flexibility index (Phi) is 9.11. The standard InChI is InChI=1S/C13H25N3O5/c1-5-6-16(8-7-15(2)3)13(20)14-10(12(18)19)9-11(17)21-4/h10H,5-9H2,1-4H3,(H,14,20)(H,18,19)/t10-/m0/s1. The highest BCUT2D eigenvalue weighted by Crippen LogP contribution is 1.99. The van der Waals surface area contributed by atoms with Gasteiger partial charge in [-0.15, -0.1) is 0 Å². The van der Waals surface area contributed by atoms with E-state index in [9.17, 15) is 14.4 Å². The van der Waals surface area contributed by atoms with E-state index in [0.29, 0.717) is 19.6 Å². The Balaban J connectivity index is 4.66. The molecule has 0 spiro atoms. The van der Waals surface area contributed by atoms with Crippen LogP contribution in [0, 0.1) is 0 Å². The SMILES string of the molecule is CCCN(CCN(C)C)C(=O)N[C@@H](CC(=O)OC)C(=O)O. The van der Waals surface area contributed by atoms with E-state index in [1.54, 1.807) is 0 Å². The third-order valence-electron chi connectivity index (χ3n) is 2.79. The van der Waals surface area contributed by atoms with Crippen LogP contribution < -0.4 is 5.32 Å². The molecule has 0 radical (unpaired) electrons. The van der Waals surface area contributed by atoms with Crippen LogP contribution in [-0.2, 0) is 14.3 Å². The van der Waals surface area contributed by atoms with E-state index in [1.807, 2.05) is 25.9 Å². The molecule has 0 rings (SSSR count). The van der Waals surface area contributed by atoms with Crippen LogP contribution in [0.15, 0.2) is 0 Å². The van der Waals surface area contributed by atoms with E-state index < -0.39 is 30.4 Å². The van der Waals surface area contributed by atoms with E-state index in [2.05, 4.69) is 10.1 Å². The number of esters is 1. The summed E-state index contributed by atoms with van der Waals surface area (Å²) in [6, 6.07) is -1.78. The van der Waals surface area contributed by atoms with Gasteiger partial charge in [-0.25, -0.2) is 9.59 Å². The van der Waals surface area contributed by atoms with E-state index >= 15 is 0 Å². The number of carboxylic acid groups (broad SMARTS) is 1. The minimum atomic E-state index is -1.29. The van der Waals surface area contributed by atoms with Crippen LogP contribution in [0.2, 0.25) is 0 Å². The summed E-state index contributed by atoms with van der Waals surface area (Å²) in [6.45, 7) is 3.60. The van der Waals surface area contributed by atoms with Gasteiger partial charge in [0.15, 0.2) is 0 Å². The van der Waals surface area contributed by atoms with Crippen LogP contribution in [0.3, 0.4) is 0 Å². The number of nitrogens with zero attached hydrogens (tertiary/aromatic N) is 2. The molecular weight excluding hydrogens is 278 g/mol. The fourth-order valence-electron chi connectivity index (χ4n) is 1.60. The molecule has 0 heterocycles. The number of likely N-dealkylation sites (N-methyl/N-ethyl adjacent to an activating group) is 1. The average molecular weight is 303 g/mol. The maximum atomic E-state index is 12.1. The Morgan fingerprint density at radius 2 is 1.81 bits per heavy atom. The van der Waals surface area contributed by atoms with E-state index in [0.717, 1.165) is 6.42 Å². The first-order valence-electron chi connectivity index (χ1n) is 6.81. The van der Waals surface area contributed by atoms with Gasteiger partial charge in [0, 0.05) is 19.6 Å². The summed E-state index contributed by atoms with van der Waals surface area (Å²) in [4.78, 5) is 37.8. The second-order valence-electron chi connectivity index (χ2n) is 4.91. The van der Waals surface area contributed by atoms with Gasteiger partial charge in [-0.05, 0) is 20.5 Å². The Morgan fingerprint density at radius 3 is 2.24 bits per heavy atom. The molecule has 122 valence electrons. The molecule has 8 nitrogen and oxygen atoms in total. The minimum absolute atomic E-state index is 0.398. The van der Waals surface area contributed by atoms with Crippen LogP contribution in [0.1, 0.15) is 19.8 Å². The maximum Gasteiger partial charge on any atom is 0.326 e. The average Bonchev–Trinajstić information content (AvgIpc) is 2.41. The number of carboxylic acids is 1. The zero-order valence-corrected chi connectivity index (χ0v) is 13.1. The van der Waals surface area contributed by atoms with E-state index in [4.69, 9.17) is 5.11 Å². The highest BCUT2D eigenvalue weighted by molar-refractivity contribution is 5.86. The van der Waals surface area contributed by atoms with Crippen molar-refractivity contribution in [3.8, 4) is 0 Å². The summed E-state index contributed by atoms with van der Waals surface area (Å²) in [7, 11) is 4.95. The first-order valence-corrected chi connectivity index (χ1v) is 6.81. The lowest BCUT2D eigenvalue weighted by Crippen LogP contribution is -2.50. The summed E-state index contributed by atoms with van der Waals surface area (Å²) in [5, 5.41) is 11.4. The number of urea groups is 1. The molecular formula is C13H25N3O5. The molecule has 0 aromatic heterocycles. The summed E-state index contributed by atoms with van der Waals surface area (Å²) >= 11 is 0. The molecule has 2 amide bonds. The van der Waals surface area contributed by atoms with E-state index in [-0.39, 0.29) is 0 Å². The van der Waals surface area contributed by atoms with Gasteiger partial charge in [-0.3, -0.25) is 4.79 Å². The molecule has 21 heavy (non-hydrogen) atoms. The molecule has 2 N–H and O–H groups in total. The molecule has 0 aromatic carbocycles. The van der Waals surface area contributed by atoms with Crippen molar-refractivity contribution in [2.45, 2.75) is 25.8 Å². The van der Waals surface area contributed by atoms with Crippen LogP contribution in [0.4, 0.5) is 4.79 Å². The maximum absolute atomic E-state index is 12.1. The number of rotatable bonds is 9. The largest absolute Gasteiger partial charge is 0.480 e. The number of nitrogens with one attached hydrogen (secondary N) is 1. The smallest absolute Gasteiger partial charge is 0.326 e. The number of carbonyl (C=O) groups is 3. The zero-order chi connectivity index (χ0) is 16.4. The quantitative estimate of drug-likeness (QED) is 0.581. The Labute approximate surface area is 125 Å². The molecule has 0 aliphatic carbocycles. The zero-order valence-electron chi connectivity index (χ0n) is 13.1. The lowest BCUT2D eigenvalue weighted by Gasteiger charge is -2.25. The van der Waals surface area contributed by atoms with Crippen molar-refractivity contribution >= 4 is 18.0 Å². The monoisotopic (exact) mass is 303 g/mol. The van der Waals surface area contributed by atoms with Crippen LogP contribution in [0.5, 0.6) is 0 Å². The fourth-order valence-corrected chi connectivity index (χ4v) is 1.60. The van der Waals surface area contributed by atoms with Gasteiger partial charge < -0.3 is 25.0 Å². The van der Waals surface area contributed by atoms with Crippen LogP contribution >= 0.6 is 0 Å². The molecule has 0 fully saturated rings. The first-order chi connectivity index (χ1) is 9.81. The van der Waals surface area contributed by atoms with Gasteiger partial charge in [-0.1, -0.05) is 6.92 Å². The van der Waals surface area contributed by atoms with Crippen molar-refractivity contribution in [1.29, 1.82) is 0 Å². The van der Waals surface area contributed by atoms with Gasteiger partial charge in [0.1, 0.15) is 6.04 Å². The minimum Gasteiger partial charge on any atom is -0.480 e. The Bertz CT molecular complexity index is 360. The molecule has 8 heteroatoms. The summed E-state index contributed by atoms with van der Waals surface area (Å²) in [6.07, 6.45) is 0.362. The van der Waals surface area contributed by atoms with Crippen LogP contribution in [-0.4, -0.2) is 79.8 Å². The van der Waals surface area contributed by atoms with E-state index in [1.165, 1.54) is 12.0 Å². The predicted molar refractivity (Wildman–Crippen MR) is 77.0 cm³/mol. The lowest BCUT2D eigenvalue weighted by atomic mass is 10.2. The summed E-state index contributed by atoms with van der Waals surface area (Å²) < 4.78 is 4.43. The van der Waals surface area contributed by atoms with Gasteiger partial charge in [0.2, 0.25) is 0 Å². The normalized spacial score (nSPS) is 11.9. The number of aliphatic carboxylic acids is 1. The number of ether oxygens (including phenoxy) is 1. The topological polar surface area (TPSA) is 99.2 Å². The van der Waals surface area contributed by atoms with Gasteiger partial charge >= 0.3 is 18.0 Å². The number of hydrogen-bond donors (Lipinski definition) is 2. The highest BCUT2D eigenvalue weighted by atomic mass is 16.5. The molecule has 1 atom stereocenters. The van der Waals surface area contributed by atoms with Crippen molar-refractivity contribution < 1.29 is 24.2 Å². The highest BCUT2D eigenvalue weighted by Gasteiger charge is 2.25. The molecule has 0 saturated carbocycles. The van der Waals surface area contributed by atoms with Crippen molar-refractivity contribution in [3.05, 3.63) is 0 Å². The second kappa shape index (κ2) is 9.98. The number of hydrogen-bond acceptors (Lipinski definition) is 5. The first kappa shape index (κ1) is 19.2. The molecule has 0 aromatic rings. The molecule has 0 unspecified atom stereocenters. The number of methoxy groups -OCH3 is 1. The summed E-state index contributed by atoms with van der Waals surface area (Å²) in [5.74, 6) is -1.95. The predicted octanol–water partition coefficient (Wildman–Crippen LogP) is -0.0141. The fraction of sp³-hybridized carbons (Fsp3) is 0.769. The lowest BCUT2D eigenvalue weighted by molar-refractivity contribution is -0.147. The van der Waals surface area contributed by atoms with Gasteiger partial charge in [0.25, 0.3) is 0 Å². The number of amides is 2. The second-order valence-corrected chi connectivity index (χ2v) is 4.91. The van der Waals surface area contributed by atoms with Gasteiger partial charge in [0.05, 0.1) is 13.5 Å². The van der Waals surface area contributed by atoms with Crippen molar-refractivity contribution in [3.63, 3.8) is 0 Å². The molecule has 0 aliphatic rings. The molecule has 0 aliphatic heterocycles. The van der Waals surface area contributed by atoms with Crippen molar-refractivity contribution in [1.82, 2.24) is 15.1 Å². The van der Waals surface area contributed by atoms with Crippen molar-refractivity contribution in [2.24, 2.45) is 0 Å². The Hall–Kier alpha value is -1.83. The molecule has 0 saturated heterocycles.